The Morgan fingerprint density at radius 2 is 1.79 bits per heavy atom. The smallest absolute Gasteiger partial charge is 0.328 e. The standard InChI is InChI=1S/C9H17NO4/c1-9(2,3)8(14)10(4)6(5-11)7(12)13/h6,11H,5H2,1-4H3,(H,12,13). The van der Waals surface area contributed by atoms with E-state index in [9.17, 15) is 9.59 Å². The summed E-state index contributed by atoms with van der Waals surface area (Å²) in [4.78, 5) is 23.3. The number of carboxylic acids is 1. The molecule has 0 aliphatic heterocycles. The number of likely N-dealkylation sites (N-methyl/N-ethyl adjacent to an activating group) is 1. The lowest BCUT2D eigenvalue weighted by atomic mass is 9.94. The molecular formula is C9H17NO4. The summed E-state index contributed by atoms with van der Waals surface area (Å²) in [5.74, 6) is -1.51. The van der Waals surface area contributed by atoms with Crippen molar-refractivity contribution in [2.24, 2.45) is 5.41 Å². The number of hydrogen-bond acceptors (Lipinski definition) is 3. The van der Waals surface area contributed by atoms with Gasteiger partial charge in [-0.05, 0) is 0 Å². The first-order chi connectivity index (χ1) is 6.21. The fourth-order valence-corrected chi connectivity index (χ4v) is 1.04. The highest BCUT2D eigenvalue weighted by atomic mass is 16.4. The molecule has 1 amide bonds. The molecule has 1 atom stereocenters. The second-order valence-corrected chi connectivity index (χ2v) is 4.20. The Morgan fingerprint density at radius 1 is 1.36 bits per heavy atom. The first-order valence-corrected chi connectivity index (χ1v) is 4.32. The van der Waals surface area contributed by atoms with Crippen LogP contribution in [0.25, 0.3) is 0 Å². The lowest BCUT2D eigenvalue weighted by molar-refractivity contribution is -0.154. The molecule has 1 unspecified atom stereocenters. The van der Waals surface area contributed by atoms with Crippen molar-refractivity contribution in [3.05, 3.63) is 0 Å². The molecule has 0 radical (unpaired) electrons. The summed E-state index contributed by atoms with van der Waals surface area (Å²) in [6.07, 6.45) is 0. The van der Waals surface area contributed by atoms with Crippen molar-refractivity contribution < 1.29 is 19.8 Å². The average Bonchev–Trinajstić information content (AvgIpc) is 2.01. The van der Waals surface area contributed by atoms with Gasteiger partial charge in [-0.3, -0.25) is 4.79 Å². The van der Waals surface area contributed by atoms with Gasteiger partial charge in [0.1, 0.15) is 0 Å². The monoisotopic (exact) mass is 203 g/mol. The third-order valence-electron chi connectivity index (χ3n) is 1.89. The highest BCUT2D eigenvalue weighted by Gasteiger charge is 2.32. The first kappa shape index (κ1) is 12.9. The molecular weight excluding hydrogens is 186 g/mol. The molecule has 0 aliphatic rings. The van der Waals surface area contributed by atoms with Gasteiger partial charge in [-0.25, -0.2) is 4.79 Å². The number of rotatable bonds is 3. The van der Waals surface area contributed by atoms with Crippen LogP contribution in [0.5, 0.6) is 0 Å². The SMILES string of the molecule is CN(C(=O)C(C)(C)C)C(CO)C(=O)O. The van der Waals surface area contributed by atoms with Gasteiger partial charge in [-0.2, -0.15) is 0 Å². The lowest BCUT2D eigenvalue weighted by Gasteiger charge is -2.29. The number of hydrogen-bond donors (Lipinski definition) is 2. The van der Waals surface area contributed by atoms with Crippen LogP contribution in [-0.4, -0.2) is 46.7 Å². The largest absolute Gasteiger partial charge is 0.480 e. The summed E-state index contributed by atoms with van der Waals surface area (Å²) in [5.41, 5.74) is -0.641. The van der Waals surface area contributed by atoms with E-state index in [1.165, 1.54) is 7.05 Å². The molecule has 0 aromatic rings. The van der Waals surface area contributed by atoms with Gasteiger partial charge in [0, 0.05) is 12.5 Å². The quantitative estimate of drug-likeness (QED) is 0.673. The summed E-state index contributed by atoms with van der Waals surface area (Å²) >= 11 is 0. The van der Waals surface area contributed by atoms with Crippen LogP contribution in [-0.2, 0) is 9.59 Å². The topological polar surface area (TPSA) is 77.8 Å². The van der Waals surface area contributed by atoms with Crippen molar-refractivity contribution in [1.82, 2.24) is 4.90 Å². The van der Waals surface area contributed by atoms with Crippen molar-refractivity contribution in [3.8, 4) is 0 Å². The zero-order valence-corrected chi connectivity index (χ0v) is 8.94. The number of nitrogens with zero attached hydrogens (tertiary/aromatic N) is 1. The van der Waals surface area contributed by atoms with Crippen LogP contribution in [0.1, 0.15) is 20.8 Å². The summed E-state index contributed by atoms with van der Waals surface area (Å²) in [6, 6.07) is -1.17. The molecule has 0 aromatic carbocycles. The first-order valence-electron chi connectivity index (χ1n) is 4.32. The van der Waals surface area contributed by atoms with E-state index < -0.39 is 24.0 Å². The maximum absolute atomic E-state index is 11.6. The van der Waals surface area contributed by atoms with Crippen LogP contribution in [0, 0.1) is 5.41 Å². The van der Waals surface area contributed by atoms with Crippen LogP contribution in [0.2, 0.25) is 0 Å². The molecule has 5 heteroatoms. The van der Waals surface area contributed by atoms with Gasteiger partial charge in [0.05, 0.1) is 6.61 Å². The van der Waals surface area contributed by atoms with E-state index in [1.54, 1.807) is 20.8 Å². The minimum atomic E-state index is -1.20. The summed E-state index contributed by atoms with van der Waals surface area (Å²) in [5, 5.41) is 17.5. The molecule has 0 aliphatic carbocycles. The van der Waals surface area contributed by atoms with E-state index in [0.717, 1.165) is 4.90 Å². The number of carbonyl (C=O) groups excluding carboxylic acids is 1. The molecule has 0 heterocycles. The zero-order valence-electron chi connectivity index (χ0n) is 8.94. The molecule has 0 saturated carbocycles. The number of amides is 1. The number of aliphatic hydroxyl groups excluding tert-OH is 1. The van der Waals surface area contributed by atoms with Gasteiger partial charge < -0.3 is 15.1 Å². The Morgan fingerprint density at radius 3 is 2.00 bits per heavy atom. The number of aliphatic carboxylic acids is 1. The van der Waals surface area contributed by atoms with Crippen molar-refractivity contribution in [2.75, 3.05) is 13.7 Å². The van der Waals surface area contributed by atoms with Crippen LogP contribution < -0.4 is 0 Å². The molecule has 14 heavy (non-hydrogen) atoms. The third kappa shape index (κ3) is 2.99. The van der Waals surface area contributed by atoms with Crippen molar-refractivity contribution in [2.45, 2.75) is 26.8 Å². The highest BCUT2D eigenvalue weighted by molar-refractivity contribution is 5.86. The van der Waals surface area contributed by atoms with E-state index >= 15 is 0 Å². The average molecular weight is 203 g/mol. The number of carbonyl (C=O) groups is 2. The van der Waals surface area contributed by atoms with Crippen LogP contribution >= 0.6 is 0 Å². The minimum Gasteiger partial charge on any atom is -0.480 e. The number of aliphatic hydroxyl groups is 1. The van der Waals surface area contributed by atoms with E-state index in [4.69, 9.17) is 10.2 Å². The van der Waals surface area contributed by atoms with E-state index in [-0.39, 0.29) is 5.91 Å². The van der Waals surface area contributed by atoms with Crippen LogP contribution in [0.15, 0.2) is 0 Å². The van der Waals surface area contributed by atoms with Gasteiger partial charge in [-0.15, -0.1) is 0 Å². The fraction of sp³-hybridized carbons (Fsp3) is 0.778. The molecule has 0 bridgehead atoms. The van der Waals surface area contributed by atoms with E-state index in [1.807, 2.05) is 0 Å². The molecule has 0 rings (SSSR count). The Labute approximate surface area is 83.3 Å². The lowest BCUT2D eigenvalue weighted by Crippen LogP contribution is -2.48. The zero-order chi connectivity index (χ0) is 11.5. The normalized spacial score (nSPS) is 13.5. The van der Waals surface area contributed by atoms with Crippen molar-refractivity contribution in [1.29, 1.82) is 0 Å². The van der Waals surface area contributed by atoms with Crippen LogP contribution in [0.4, 0.5) is 0 Å². The van der Waals surface area contributed by atoms with E-state index in [2.05, 4.69) is 0 Å². The molecule has 0 spiro atoms. The predicted octanol–water partition coefficient (Wildman–Crippen LogP) is -0.0636. The summed E-state index contributed by atoms with van der Waals surface area (Å²) < 4.78 is 0. The summed E-state index contributed by atoms with van der Waals surface area (Å²) in [7, 11) is 1.38. The fourth-order valence-electron chi connectivity index (χ4n) is 1.04. The van der Waals surface area contributed by atoms with Gasteiger partial charge in [0.2, 0.25) is 5.91 Å². The maximum atomic E-state index is 11.6. The maximum Gasteiger partial charge on any atom is 0.328 e. The van der Waals surface area contributed by atoms with Gasteiger partial charge in [0.15, 0.2) is 6.04 Å². The predicted molar refractivity (Wildman–Crippen MR) is 50.7 cm³/mol. The van der Waals surface area contributed by atoms with E-state index in [0.29, 0.717) is 0 Å². The van der Waals surface area contributed by atoms with Gasteiger partial charge in [-0.1, -0.05) is 20.8 Å². The molecule has 0 fully saturated rings. The molecule has 2 N–H and O–H groups in total. The Balaban J connectivity index is 4.68. The van der Waals surface area contributed by atoms with Crippen molar-refractivity contribution in [3.63, 3.8) is 0 Å². The number of carboxylic acid groups (broad SMARTS) is 1. The minimum absolute atomic E-state index is 0.307. The molecule has 5 nitrogen and oxygen atoms in total. The van der Waals surface area contributed by atoms with Crippen LogP contribution in [0.3, 0.4) is 0 Å². The Kier molecular flexibility index (Phi) is 4.07. The molecule has 0 saturated heterocycles. The molecule has 82 valence electrons. The van der Waals surface area contributed by atoms with Gasteiger partial charge in [0.25, 0.3) is 0 Å². The van der Waals surface area contributed by atoms with Crippen molar-refractivity contribution >= 4 is 11.9 Å². The Bertz CT molecular complexity index is 231. The summed E-state index contributed by atoms with van der Waals surface area (Å²) in [6.45, 7) is 4.51. The third-order valence-corrected chi connectivity index (χ3v) is 1.89. The highest BCUT2D eigenvalue weighted by Crippen LogP contribution is 2.17. The van der Waals surface area contributed by atoms with Gasteiger partial charge >= 0.3 is 5.97 Å². The Hall–Kier alpha value is -1.10. The second kappa shape index (κ2) is 4.41. The second-order valence-electron chi connectivity index (χ2n) is 4.20. The molecule has 0 aromatic heterocycles.